The van der Waals surface area contributed by atoms with Crippen LogP contribution in [0, 0.1) is 12.8 Å². The predicted octanol–water partition coefficient (Wildman–Crippen LogP) is 2.13. The highest BCUT2D eigenvalue weighted by molar-refractivity contribution is 7.89. The molecule has 4 nitrogen and oxygen atoms in total. The van der Waals surface area contributed by atoms with Crippen molar-refractivity contribution in [2.75, 3.05) is 0 Å². The van der Waals surface area contributed by atoms with E-state index in [1.807, 2.05) is 13.8 Å². The highest BCUT2D eigenvalue weighted by atomic mass is 32.2. The first-order valence-electron chi connectivity index (χ1n) is 7.05. The lowest BCUT2D eigenvalue weighted by atomic mass is 9.93. The van der Waals surface area contributed by atoms with Gasteiger partial charge in [0, 0.05) is 12.0 Å². The fraction of sp³-hybridized carbons (Fsp3) is 0.533. The predicted molar refractivity (Wildman–Crippen MR) is 75.8 cm³/mol. The van der Waals surface area contributed by atoms with Gasteiger partial charge in [-0.05, 0) is 38.3 Å². The Kier molecular flexibility index (Phi) is 3.21. The molecule has 2 fully saturated rings. The fourth-order valence-electron chi connectivity index (χ4n) is 3.40. The Morgan fingerprint density at radius 3 is 2.45 bits per heavy atom. The summed E-state index contributed by atoms with van der Waals surface area (Å²) in [4.78, 5) is 12.5. The molecule has 0 spiro atoms. The number of rotatable bonds is 2. The second kappa shape index (κ2) is 4.67. The van der Waals surface area contributed by atoms with Gasteiger partial charge >= 0.3 is 0 Å². The van der Waals surface area contributed by atoms with Gasteiger partial charge in [0.05, 0.1) is 10.9 Å². The Labute approximate surface area is 119 Å². The van der Waals surface area contributed by atoms with Crippen LogP contribution in [0.15, 0.2) is 29.2 Å². The number of carbonyl (C=O) groups is 1. The molecule has 108 valence electrons. The first-order chi connectivity index (χ1) is 9.41. The lowest BCUT2D eigenvalue weighted by molar-refractivity contribution is -0.128. The Morgan fingerprint density at radius 2 is 1.80 bits per heavy atom. The van der Waals surface area contributed by atoms with E-state index in [1.54, 1.807) is 24.3 Å². The molecule has 2 aliphatic rings. The van der Waals surface area contributed by atoms with Gasteiger partial charge in [0.15, 0.2) is 5.78 Å². The number of aryl methyl sites for hydroxylation is 1. The maximum Gasteiger partial charge on any atom is 0.243 e. The van der Waals surface area contributed by atoms with Crippen molar-refractivity contribution in [1.82, 2.24) is 4.31 Å². The topological polar surface area (TPSA) is 54.5 Å². The van der Waals surface area contributed by atoms with E-state index in [2.05, 4.69) is 0 Å². The number of nitrogens with zero attached hydrogens (tertiary/aromatic N) is 1. The lowest BCUT2D eigenvalue weighted by Crippen LogP contribution is -2.51. The van der Waals surface area contributed by atoms with Crippen LogP contribution in [0.4, 0.5) is 0 Å². The molecule has 2 aliphatic heterocycles. The van der Waals surface area contributed by atoms with Crippen molar-refractivity contribution in [3.05, 3.63) is 29.8 Å². The summed E-state index contributed by atoms with van der Waals surface area (Å²) in [5.74, 6) is 0.0615. The van der Waals surface area contributed by atoms with Gasteiger partial charge in [-0.3, -0.25) is 4.79 Å². The van der Waals surface area contributed by atoms with E-state index >= 15 is 0 Å². The molecule has 2 bridgehead atoms. The lowest BCUT2D eigenvalue weighted by Gasteiger charge is -2.35. The number of piperidine rings is 1. The van der Waals surface area contributed by atoms with Crippen LogP contribution in [0.25, 0.3) is 0 Å². The normalized spacial score (nSPS) is 30.7. The van der Waals surface area contributed by atoms with Crippen molar-refractivity contribution < 1.29 is 13.2 Å². The quantitative estimate of drug-likeness (QED) is 0.839. The molecule has 0 amide bonds. The smallest absolute Gasteiger partial charge is 0.243 e. The van der Waals surface area contributed by atoms with Crippen molar-refractivity contribution in [2.45, 2.75) is 50.1 Å². The van der Waals surface area contributed by atoms with Gasteiger partial charge in [-0.15, -0.1) is 0 Å². The summed E-state index contributed by atoms with van der Waals surface area (Å²) in [6, 6.07) is 6.39. The van der Waals surface area contributed by atoms with Crippen molar-refractivity contribution in [2.24, 2.45) is 5.92 Å². The van der Waals surface area contributed by atoms with Crippen LogP contribution < -0.4 is 0 Å². The molecule has 1 aromatic carbocycles. The largest absolute Gasteiger partial charge is 0.298 e. The summed E-state index contributed by atoms with van der Waals surface area (Å²) >= 11 is 0. The summed E-state index contributed by atoms with van der Waals surface area (Å²) in [6.45, 7) is 3.83. The van der Waals surface area contributed by atoms with Crippen LogP contribution in [0.5, 0.6) is 0 Å². The summed E-state index contributed by atoms with van der Waals surface area (Å²) in [5.41, 5.74) is 1.02. The summed E-state index contributed by atoms with van der Waals surface area (Å²) in [6.07, 6.45) is 2.12. The molecule has 20 heavy (non-hydrogen) atoms. The molecule has 3 atom stereocenters. The van der Waals surface area contributed by atoms with E-state index in [1.165, 1.54) is 4.31 Å². The van der Waals surface area contributed by atoms with Gasteiger partial charge in [-0.2, -0.15) is 4.31 Å². The Hall–Kier alpha value is -1.20. The molecule has 1 aromatic rings. The van der Waals surface area contributed by atoms with E-state index in [4.69, 9.17) is 0 Å². The minimum Gasteiger partial charge on any atom is -0.298 e. The van der Waals surface area contributed by atoms with E-state index in [9.17, 15) is 13.2 Å². The maximum atomic E-state index is 12.8. The SMILES string of the molecule is Cc1ccc(S(=O)(=O)N2C3CCC2C(=O)C(C)C3)cc1. The van der Waals surface area contributed by atoms with Crippen LogP contribution in [0.1, 0.15) is 31.7 Å². The second-order valence-corrected chi connectivity index (χ2v) is 7.78. The third-order valence-corrected chi connectivity index (χ3v) is 6.45. The van der Waals surface area contributed by atoms with Gasteiger partial charge in [0.1, 0.15) is 0 Å². The number of fused-ring (bicyclic) bond motifs is 2. The molecule has 3 rings (SSSR count). The highest BCUT2D eigenvalue weighted by Gasteiger charge is 2.50. The van der Waals surface area contributed by atoms with Crippen LogP contribution >= 0.6 is 0 Å². The van der Waals surface area contributed by atoms with Crippen LogP contribution in [-0.4, -0.2) is 30.6 Å². The zero-order chi connectivity index (χ0) is 14.5. The average molecular weight is 293 g/mol. The van der Waals surface area contributed by atoms with Crippen LogP contribution in [-0.2, 0) is 14.8 Å². The highest BCUT2D eigenvalue weighted by Crippen LogP contribution is 2.40. The minimum atomic E-state index is -3.56. The monoisotopic (exact) mass is 293 g/mol. The molecule has 0 saturated carbocycles. The maximum absolute atomic E-state index is 12.8. The van der Waals surface area contributed by atoms with E-state index in [0.717, 1.165) is 12.0 Å². The summed E-state index contributed by atoms with van der Waals surface area (Å²) in [7, 11) is -3.56. The Balaban J connectivity index is 2.00. The minimum absolute atomic E-state index is 0.0148. The number of benzene rings is 1. The number of Topliss-reactive ketones (excluding diaryl/α,β-unsaturated/α-hetero) is 1. The van der Waals surface area contributed by atoms with Gasteiger partial charge in [0.2, 0.25) is 10.0 Å². The molecule has 3 unspecified atom stereocenters. The number of hydrogen-bond acceptors (Lipinski definition) is 3. The van der Waals surface area contributed by atoms with Crippen molar-refractivity contribution in [1.29, 1.82) is 0 Å². The summed E-state index contributed by atoms with van der Waals surface area (Å²) in [5, 5.41) is 0. The first kappa shape index (κ1) is 13.8. The molecule has 0 aliphatic carbocycles. The Morgan fingerprint density at radius 1 is 1.15 bits per heavy atom. The standard InChI is InChI=1S/C15H19NO3S/c1-10-3-6-13(7-4-10)20(18,19)16-12-5-8-14(16)15(17)11(2)9-12/h3-4,6-7,11-12,14H,5,8-9H2,1-2H3. The zero-order valence-electron chi connectivity index (χ0n) is 11.7. The fourth-order valence-corrected chi connectivity index (χ4v) is 5.25. The molecule has 0 radical (unpaired) electrons. The molecule has 2 heterocycles. The molecular formula is C15H19NO3S. The van der Waals surface area contributed by atoms with Crippen molar-refractivity contribution in [3.8, 4) is 0 Å². The van der Waals surface area contributed by atoms with E-state index in [-0.39, 0.29) is 17.7 Å². The molecule has 0 aromatic heterocycles. The van der Waals surface area contributed by atoms with E-state index < -0.39 is 16.1 Å². The van der Waals surface area contributed by atoms with Gasteiger partial charge in [-0.1, -0.05) is 24.6 Å². The van der Waals surface area contributed by atoms with Crippen LogP contribution in [0.2, 0.25) is 0 Å². The third-order valence-electron chi connectivity index (χ3n) is 4.48. The van der Waals surface area contributed by atoms with E-state index in [0.29, 0.717) is 17.7 Å². The van der Waals surface area contributed by atoms with Crippen molar-refractivity contribution >= 4 is 15.8 Å². The molecule has 5 heteroatoms. The van der Waals surface area contributed by atoms with Gasteiger partial charge in [-0.25, -0.2) is 8.42 Å². The van der Waals surface area contributed by atoms with Crippen LogP contribution in [0.3, 0.4) is 0 Å². The average Bonchev–Trinajstić information content (AvgIpc) is 2.76. The molecule has 0 N–H and O–H groups in total. The summed E-state index contributed by atoms with van der Waals surface area (Å²) < 4.78 is 27.0. The number of hydrogen-bond donors (Lipinski definition) is 0. The van der Waals surface area contributed by atoms with Gasteiger partial charge < -0.3 is 0 Å². The molecule has 2 saturated heterocycles. The first-order valence-corrected chi connectivity index (χ1v) is 8.49. The Bertz CT molecular complexity index is 636. The number of sulfonamides is 1. The zero-order valence-corrected chi connectivity index (χ0v) is 12.6. The van der Waals surface area contributed by atoms with Gasteiger partial charge in [0.25, 0.3) is 0 Å². The number of carbonyl (C=O) groups excluding carboxylic acids is 1. The molecular weight excluding hydrogens is 274 g/mol. The second-order valence-electron chi connectivity index (χ2n) is 5.93. The number of ketones is 1. The third kappa shape index (κ3) is 2.00. The van der Waals surface area contributed by atoms with Crippen molar-refractivity contribution in [3.63, 3.8) is 0 Å².